The van der Waals surface area contributed by atoms with Crippen LogP contribution in [0.1, 0.15) is 34.0 Å². The first-order valence-electron chi connectivity index (χ1n) is 5.66. The smallest absolute Gasteiger partial charge is 0.150 e. The summed E-state index contributed by atoms with van der Waals surface area (Å²) in [5.74, 6) is 0. The Morgan fingerprint density at radius 1 is 1.41 bits per heavy atom. The van der Waals surface area contributed by atoms with Crippen LogP contribution in [0, 0.1) is 6.92 Å². The van der Waals surface area contributed by atoms with E-state index in [0.717, 1.165) is 11.8 Å². The van der Waals surface area contributed by atoms with Crippen molar-refractivity contribution in [1.29, 1.82) is 0 Å². The number of aliphatic hydroxyl groups is 2. The third-order valence-corrected chi connectivity index (χ3v) is 2.80. The largest absolute Gasteiger partial charge is 0.390 e. The van der Waals surface area contributed by atoms with E-state index in [1.54, 1.807) is 25.2 Å². The van der Waals surface area contributed by atoms with Gasteiger partial charge in [-0.2, -0.15) is 0 Å². The van der Waals surface area contributed by atoms with Crippen molar-refractivity contribution in [2.75, 3.05) is 13.6 Å². The highest BCUT2D eigenvalue weighted by molar-refractivity contribution is 5.75. The molecule has 1 rings (SSSR count). The molecule has 0 aliphatic rings. The number of benzene rings is 1. The molecular weight excluding hydrogens is 218 g/mol. The topological polar surface area (TPSA) is 69.6 Å². The monoisotopic (exact) mass is 237 g/mol. The summed E-state index contributed by atoms with van der Waals surface area (Å²) in [4.78, 5) is 10.6. The molecule has 1 aromatic rings. The molecule has 0 spiro atoms. The lowest BCUT2D eigenvalue weighted by atomic mass is 9.96. The summed E-state index contributed by atoms with van der Waals surface area (Å²) in [5.41, 5.74) is 2.05. The molecule has 0 aliphatic heterocycles. The first kappa shape index (κ1) is 13.8. The number of hydrogen-bond donors (Lipinski definition) is 3. The van der Waals surface area contributed by atoms with Crippen molar-refractivity contribution in [1.82, 2.24) is 5.32 Å². The SMILES string of the molecule is CNCCC(O)C(O)c1ccc(C=O)cc1C. The van der Waals surface area contributed by atoms with Crippen LogP contribution < -0.4 is 5.32 Å². The molecule has 0 saturated heterocycles. The molecule has 2 atom stereocenters. The molecular formula is C13H19NO3. The summed E-state index contributed by atoms with van der Waals surface area (Å²) >= 11 is 0. The predicted molar refractivity (Wildman–Crippen MR) is 66.1 cm³/mol. The second-order valence-corrected chi connectivity index (χ2v) is 4.14. The summed E-state index contributed by atoms with van der Waals surface area (Å²) in [7, 11) is 1.79. The van der Waals surface area contributed by atoms with Gasteiger partial charge in [-0.3, -0.25) is 4.79 Å². The number of aryl methyl sites for hydroxylation is 1. The van der Waals surface area contributed by atoms with Crippen molar-refractivity contribution in [2.24, 2.45) is 0 Å². The molecule has 0 aliphatic carbocycles. The molecule has 0 saturated carbocycles. The summed E-state index contributed by atoms with van der Waals surface area (Å²) in [5, 5.41) is 22.7. The summed E-state index contributed by atoms with van der Waals surface area (Å²) in [6.07, 6.45) is -0.472. The van der Waals surface area contributed by atoms with Crippen molar-refractivity contribution >= 4 is 6.29 Å². The number of carbonyl (C=O) groups is 1. The maximum atomic E-state index is 10.6. The minimum Gasteiger partial charge on any atom is -0.390 e. The Balaban J connectivity index is 2.81. The van der Waals surface area contributed by atoms with Crippen molar-refractivity contribution in [3.05, 3.63) is 34.9 Å². The number of hydrogen-bond acceptors (Lipinski definition) is 4. The van der Waals surface area contributed by atoms with Gasteiger partial charge in [0, 0.05) is 5.56 Å². The number of aliphatic hydroxyl groups excluding tert-OH is 2. The predicted octanol–water partition coefficient (Wildman–Crippen LogP) is 0.811. The average Bonchev–Trinajstić information content (AvgIpc) is 2.34. The zero-order chi connectivity index (χ0) is 12.8. The van der Waals surface area contributed by atoms with Gasteiger partial charge in [0.2, 0.25) is 0 Å². The van der Waals surface area contributed by atoms with Gasteiger partial charge in [0.25, 0.3) is 0 Å². The second-order valence-electron chi connectivity index (χ2n) is 4.14. The van der Waals surface area contributed by atoms with Crippen LogP contribution in [-0.2, 0) is 0 Å². The Kier molecular flexibility index (Phi) is 5.28. The van der Waals surface area contributed by atoms with E-state index in [2.05, 4.69) is 5.32 Å². The van der Waals surface area contributed by atoms with Crippen LogP contribution in [0.4, 0.5) is 0 Å². The number of carbonyl (C=O) groups excluding carboxylic acids is 1. The maximum absolute atomic E-state index is 10.6. The normalized spacial score (nSPS) is 14.4. The lowest BCUT2D eigenvalue weighted by Crippen LogP contribution is -2.23. The minimum atomic E-state index is -0.913. The molecule has 0 aromatic heterocycles. The van der Waals surface area contributed by atoms with Crippen LogP contribution in [0.15, 0.2) is 18.2 Å². The van der Waals surface area contributed by atoms with E-state index in [9.17, 15) is 15.0 Å². The zero-order valence-electron chi connectivity index (χ0n) is 10.2. The van der Waals surface area contributed by atoms with Crippen LogP contribution in [0.3, 0.4) is 0 Å². The van der Waals surface area contributed by atoms with Gasteiger partial charge in [-0.25, -0.2) is 0 Å². The lowest BCUT2D eigenvalue weighted by molar-refractivity contribution is 0.0137. The van der Waals surface area contributed by atoms with Crippen molar-refractivity contribution in [3.8, 4) is 0 Å². The molecule has 0 amide bonds. The molecule has 94 valence electrons. The Morgan fingerprint density at radius 3 is 2.65 bits per heavy atom. The quantitative estimate of drug-likeness (QED) is 0.640. The van der Waals surface area contributed by atoms with Crippen LogP contribution in [0.2, 0.25) is 0 Å². The van der Waals surface area contributed by atoms with E-state index in [1.807, 2.05) is 6.92 Å². The summed E-state index contributed by atoms with van der Waals surface area (Å²) in [6.45, 7) is 2.46. The summed E-state index contributed by atoms with van der Waals surface area (Å²) < 4.78 is 0. The van der Waals surface area contributed by atoms with Gasteiger partial charge >= 0.3 is 0 Å². The van der Waals surface area contributed by atoms with E-state index < -0.39 is 12.2 Å². The first-order chi connectivity index (χ1) is 8.10. The molecule has 3 N–H and O–H groups in total. The third-order valence-electron chi connectivity index (χ3n) is 2.80. The standard InChI is InChI=1S/C13H19NO3/c1-9-7-10(8-15)3-4-11(9)13(17)12(16)5-6-14-2/h3-4,7-8,12-14,16-17H,5-6H2,1-2H3. The maximum Gasteiger partial charge on any atom is 0.150 e. The molecule has 1 aromatic carbocycles. The van der Waals surface area contributed by atoms with E-state index in [0.29, 0.717) is 24.1 Å². The van der Waals surface area contributed by atoms with Gasteiger partial charge in [-0.05, 0) is 44.1 Å². The average molecular weight is 237 g/mol. The molecule has 0 bridgehead atoms. The highest BCUT2D eigenvalue weighted by Crippen LogP contribution is 2.22. The van der Waals surface area contributed by atoms with Gasteiger partial charge < -0.3 is 15.5 Å². The van der Waals surface area contributed by atoms with E-state index in [4.69, 9.17) is 0 Å². The molecule has 4 nitrogen and oxygen atoms in total. The molecule has 0 heterocycles. The van der Waals surface area contributed by atoms with Crippen LogP contribution in [0.5, 0.6) is 0 Å². The van der Waals surface area contributed by atoms with Crippen molar-refractivity contribution in [3.63, 3.8) is 0 Å². The Morgan fingerprint density at radius 2 is 2.12 bits per heavy atom. The lowest BCUT2D eigenvalue weighted by Gasteiger charge is -2.20. The van der Waals surface area contributed by atoms with Gasteiger partial charge in [-0.15, -0.1) is 0 Å². The zero-order valence-corrected chi connectivity index (χ0v) is 10.2. The third kappa shape index (κ3) is 3.63. The minimum absolute atomic E-state index is 0.479. The van der Waals surface area contributed by atoms with Crippen LogP contribution >= 0.6 is 0 Å². The Hall–Kier alpha value is -1.23. The highest BCUT2D eigenvalue weighted by atomic mass is 16.3. The molecule has 17 heavy (non-hydrogen) atoms. The number of aldehydes is 1. The van der Waals surface area contributed by atoms with E-state index in [-0.39, 0.29) is 0 Å². The van der Waals surface area contributed by atoms with Crippen LogP contribution in [-0.4, -0.2) is 36.2 Å². The fraction of sp³-hybridized carbons (Fsp3) is 0.462. The van der Waals surface area contributed by atoms with Crippen LogP contribution in [0.25, 0.3) is 0 Å². The Labute approximate surface area is 101 Å². The molecule has 0 fully saturated rings. The van der Waals surface area contributed by atoms with Crippen molar-refractivity contribution < 1.29 is 15.0 Å². The van der Waals surface area contributed by atoms with E-state index in [1.165, 1.54) is 0 Å². The fourth-order valence-electron chi connectivity index (χ4n) is 1.76. The van der Waals surface area contributed by atoms with Gasteiger partial charge in [0.15, 0.2) is 0 Å². The van der Waals surface area contributed by atoms with Gasteiger partial charge in [-0.1, -0.05) is 12.1 Å². The van der Waals surface area contributed by atoms with Gasteiger partial charge in [0.05, 0.1) is 6.10 Å². The van der Waals surface area contributed by atoms with Crippen molar-refractivity contribution in [2.45, 2.75) is 25.6 Å². The summed E-state index contributed by atoms with van der Waals surface area (Å²) in [6, 6.07) is 5.03. The van der Waals surface area contributed by atoms with Gasteiger partial charge in [0.1, 0.15) is 12.4 Å². The molecule has 2 unspecified atom stereocenters. The van der Waals surface area contributed by atoms with E-state index >= 15 is 0 Å². The molecule has 0 radical (unpaired) electrons. The molecule has 4 heteroatoms. The number of nitrogens with one attached hydrogen (secondary N) is 1. The second kappa shape index (κ2) is 6.49. The fourth-order valence-corrected chi connectivity index (χ4v) is 1.76. The number of rotatable bonds is 6. The Bertz CT molecular complexity index is 379. The highest BCUT2D eigenvalue weighted by Gasteiger charge is 2.19. The first-order valence-corrected chi connectivity index (χ1v) is 5.66.